The van der Waals surface area contributed by atoms with Gasteiger partial charge in [-0.05, 0) is 32.9 Å². The Kier molecular flexibility index (Phi) is 6.07. The Hall–Kier alpha value is -1.86. The van der Waals surface area contributed by atoms with Crippen molar-refractivity contribution in [3.63, 3.8) is 0 Å². The molecule has 1 aromatic rings. The molecule has 18 heavy (non-hydrogen) atoms. The van der Waals surface area contributed by atoms with Gasteiger partial charge in [-0.25, -0.2) is 0 Å². The standard InChI is InChI=1S/C9H14N2O3.C2H4O2/c1-6-4-5-7(14-6)8(10-12)9(2,3)11-13;1-2(3)4/h4-5,11-13H,1-3H3;1H3,(H,3,4)/b10-8+;. The van der Waals surface area contributed by atoms with Crippen molar-refractivity contribution in [3.05, 3.63) is 23.7 Å². The van der Waals surface area contributed by atoms with E-state index in [1.54, 1.807) is 32.9 Å². The zero-order chi connectivity index (χ0) is 14.3. The third-order valence-corrected chi connectivity index (χ3v) is 1.95. The van der Waals surface area contributed by atoms with E-state index in [9.17, 15) is 0 Å². The van der Waals surface area contributed by atoms with Crippen LogP contribution in [0.1, 0.15) is 32.3 Å². The lowest BCUT2D eigenvalue weighted by Gasteiger charge is -2.21. The highest BCUT2D eigenvalue weighted by Gasteiger charge is 2.28. The summed E-state index contributed by atoms with van der Waals surface area (Å²) in [6.07, 6.45) is 0. The van der Waals surface area contributed by atoms with Gasteiger partial charge in [-0.3, -0.25) is 4.79 Å². The molecular weight excluding hydrogens is 240 g/mol. The molecule has 102 valence electrons. The molecule has 0 amide bonds. The van der Waals surface area contributed by atoms with Gasteiger partial charge in [-0.15, -0.1) is 0 Å². The Balaban J connectivity index is 0.000000631. The van der Waals surface area contributed by atoms with E-state index in [2.05, 4.69) is 5.16 Å². The number of rotatable bonds is 3. The monoisotopic (exact) mass is 258 g/mol. The molecule has 0 radical (unpaired) electrons. The average molecular weight is 258 g/mol. The molecule has 0 saturated heterocycles. The van der Waals surface area contributed by atoms with Gasteiger partial charge in [0.15, 0.2) is 5.76 Å². The summed E-state index contributed by atoms with van der Waals surface area (Å²) < 4.78 is 5.28. The number of carboxylic acid groups (broad SMARTS) is 1. The highest BCUT2D eigenvalue weighted by Crippen LogP contribution is 2.16. The van der Waals surface area contributed by atoms with E-state index in [4.69, 9.17) is 24.7 Å². The van der Waals surface area contributed by atoms with Gasteiger partial charge >= 0.3 is 0 Å². The third kappa shape index (κ3) is 4.98. The van der Waals surface area contributed by atoms with Crippen molar-refractivity contribution < 1.29 is 24.7 Å². The number of aryl methyl sites for hydroxylation is 1. The summed E-state index contributed by atoms with van der Waals surface area (Å²) in [5, 5.41) is 28.2. The molecule has 0 bridgehead atoms. The van der Waals surface area contributed by atoms with Crippen LogP contribution >= 0.6 is 0 Å². The van der Waals surface area contributed by atoms with Gasteiger partial charge in [-0.1, -0.05) is 5.16 Å². The predicted octanol–water partition coefficient (Wildman–Crippen LogP) is 1.61. The van der Waals surface area contributed by atoms with Crippen molar-refractivity contribution in [2.75, 3.05) is 0 Å². The number of hydrogen-bond acceptors (Lipinski definition) is 6. The summed E-state index contributed by atoms with van der Waals surface area (Å²) in [6.45, 7) is 6.21. The average Bonchev–Trinajstić information content (AvgIpc) is 2.64. The minimum Gasteiger partial charge on any atom is -0.481 e. The van der Waals surface area contributed by atoms with Gasteiger partial charge in [-0.2, -0.15) is 5.48 Å². The molecule has 0 spiro atoms. The molecule has 0 saturated carbocycles. The van der Waals surface area contributed by atoms with Crippen LogP contribution in [0.5, 0.6) is 0 Å². The number of furan rings is 1. The van der Waals surface area contributed by atoms with E-state index < -0.39 is 11.5 Å². The maximum absolute atomic E-state index is 9.00. The Labute approximate surface area is 105 Å². The first-order chi connectivity index (χ1) is 8.24. The van der Waals surface area contributed by atoms with Crippen molar-refractivity contribution in [1.29, 1.82) is 0 Å². The molecule has 0 aliphatic heterocycles. The van der Waals surface area contributed by atoms with Crippen LogP contribution in [-0.2, 0) is 4.79 Å². The molecule has 7 heteroatoms. The maximum atomic E-state index is 9.00. The minimum atomic E-state index is -0.862. The van der Waals surface area contributed by atoms with Crippen LogP contribution in [-0.4, -0.2) is 32.7 Å². The zero-order valence-electron chi connectivity index (χ0n) is 10.8. The summed E-state index contributed by atoms with van der Waals surface area (Å²) in [5.74, 6) is 0.312. The van der Waals surface area contributed by atoms with E-state index in [0.717, 1.165) is 12.7 Å². The fourth-order valence-corrected chi connectivity index (χ4v) is 1.10. The van der Waals surface area contributed by atoms with Gasteiger partial charge in [0.2, 0.25) is 0 Å². The van der Waals surface area contributed by atoms with Crippen LogP contribution in [0.25, 0.3) is 0 Å². The lowest BCUT2D eigenvalue weighted by molar-refractivity contribution is -0.134. The topological polar surface area (TPSA) is 115 Å². The van der Waals surface area contributed by atoms with Crippen molar-refractivity contribution in [3.8, 4) is 0 Å². The number of carboxylic acids is 1. The van der Waals surface area contributed by atoms with Crippen molar-refractivity contribution in [2.45, 2.75) is 33.2 Å². The fraction of sp³-hybridized carbons (Fsp3) is 0.455. The number of hydroxylamine groups is 1. The molecule has 0 fully saturated rings. The minimum absolute atomic E-state index is 0.244. The van der Waals surface area contributed by atoms with Gasteiger partial charge in [0.1, 0.15) is 11.5 Å². The first-order valence-corrected chi connectivity index (χ1v) is 5.14. The highest BCUT2D eigenvalue weighted by molar-refractivity contribution is 6.04. The molecule has 1 heterocycles. The van der Waals surface area contributed by atoms with E-state index in [-0.39, 0.29) is 5.71 Å². The summed E-state index contributed by atoms with van der Waals surface area (Å²) in [7, 11) is 0. The Morgan fingerprint density at radius 3 is 2.22 bits per heavy atom. The smallest absolute Gasteiger partial charge is 0.300 e. The van der Waals surface area contributed by atoms with Crippen LogP contribution in [0.2, 0.25) is 0 Å². The number of hydrogen-bond donors (Lipinski definition) is 4. The first kappa shape index (κ1) is 16.1. The second-order valence-corrected chi connectivity index (χ2v) is 4.11. The van der Waals surface area contributed by atoms with Crippen molar-refractivity contribution >= 4 is 11.7 Å². The van der Waals surface area contributed by atoms with E-state index in [0.29, 0.717) is 5.76 Å². The summed E-state index contributed by atoms with van der Waals surface area (Å²) in [6, 6.07) is 3.44. The number of aliphatic carboxylic acids is 1. The number of oxime groups is 1. The molecule has 1 rings (SSSR count). The molecule has 0 atom stereocenters. The SMILES string of the molecule is CC(=O)O.Cc1ccc(/C(=N\O)C(C)(C)NO)o1. The maximum Gasteiger partial charge on any atom is 0.300 e. The lowest BCUT2D eigenvalue weighted by Crippen LogP contribution is -2.45. The summed E-state index contributed by atoms with van der Waals surface area (Å²) in [4.78, 5) is 9.00. The van der Waals surface area contributed by atoms with Crippen LogP contribution in [0, 0.1) is 6.92 Å². The van der Waals surface area contributed by atoms with Crippen molar-refractivity contribution in [1.82, 2.24) is 5.48 Å². The summed E-state index contributed by atoms with van der Waals surface area (Å²) >= 11 is 0. The largest absolute Gasteiger partial charge is 0.481 e. The molecule has 4 N–H and O–H groups in total. The Bertz CT molecular complexity index is 419. The third-order valence-electron chi connectivity index (χ3n) is 1.95. The van der Waals surface area contributed by atoms with E-state index in [1.807, 2.05) is 5.48 Å². The van der Waals surface area contributed by atoms with Crippen LogP contribution in [0.15, 0.2) is 21.7 Å². The second kappa shape index (κ2) is 6.77. The second-order valence-electron chi connectivity index (χ2n) is 4.11. The molecule has 7 nitrogen and oxygen atoms in total. The first-order valence-electron chi connectivity index (χ1n) is 5.14. The number of carbonyl (C=O) groups is 1. The highest BCUT2D eigenvalue weighted by atomic mass is 16.5. The van der Waals surface area contributed by atoms with Crippen LogP contribution in [0.3, 0.4) is 0 Å². The molecule has 0 aliphatic rings. The lowest BCUT2D eigenvalue weighted by atomic mass is 9.98. The van der Waals surface area contributed by atoms with Gasteiger partial charge in [0.25, 0.3) is 5.97 Å². The normalized spacial score (nSPS) is 11.7. The van der Waals surface area contributed by atoms with Crippen molar-refractivity contribution in [2.24, 2.45) is 5.16 Å². The summed E-state index contributed by atoms with van der Waals surface area (Å²) in [5.41, 5.74) is 1.43. The Morgan fingerprint density at radius 2 is 1.94 bits per heavy atom. The van der Waals surface area contributed by atoms with Gasteiger partial charge < -0.3 is 19.9 Å². The molecule has 0 aromatic carbocycles. The Morgan fingerprint density at radius 1 is 1.44 bits per heavy atom. The predicted molar refractivity (Wildman–Crippen MR) is 64.1 cm³/mol. The van der Waals surface area contributed by atoms with Crippen LogP contribution in [0.4, 0.5) is 0 Å². The van der Waals surface area contributed by atoms with Crippen LogP contribution < -0.4 is 5.48 Å². The molecule has 1 aromatic heterocycles. The van der Waals surface area contributed by atoms with E-state index in [1.165, 1.54) is 0 Å². The molecular formula is C11H18N2O5. The number of nitrogens with zero attached hydrogens (tertiary/aromatic N) is 1. The van der Waals surface area contributed by atoms with Gasteiger partial charge in [0.05, 0.1) is 5.54 Å². The fourth-order valence-electron chi connectivity index (χ4n) is 1.10. The molecule has 0 unspecified atom stereocenters. The quantitative estimate of drug-likeness (QED) is 0.372. The molecule has 0 aliphatic carbocycles. The zero-order valence-corrected chi connectivity index (χ0v) is 10.8. The van der Waals surface area contributed by atoms with Gasteiger partial charge in [0, 0.05) is 6.92 Å². The number of nitrogens with one attached hydrogen (secondary N) is 1. The van der Waals surface area contributed by atoms with E-state index >= 15 is 0 Å².